The van der Waals surface area contributed by atoms with E-state index in [2.05, 4.69) is 29.5 Å². The van der Waals surface area contributed by atoms with Crippen LogP contribution in [-0.4, -0.2) is 10.6 Å². The van der Waals surface area contributed by atoms with Gasteiger partial charge >= 0.3 is 0 Å². The number of rotatable bonds is 5. The average Bonchev–Trinajstić information content (AvgIpc) is 1.88. The van der Waals surface area contributed by atoms with E-state index in [1.165, 1.54) is 23.7 Å². The first kappa shape index (κ1) is 9.40. The third-order valence-corrected chi connectivity index (χ3v) is 2.00. The number of nitrogens with one attached hydrogen (secondary N) is 1. The zero-order valence-corrected chi connectivity index (χ0v) is 8.02. The van der Waals surface area contributed by atoms with Crippen LogP contribution < -0.4 is 0 Å². The molecule has 0 heterocycles. The molecule has 0 saturated carbocycles. The van der Waals surface area contributed by atoms with Crippen molar-refractivity contribution in [3.63, 3.8) is 0 Å². The summed E-state index contributed by atoms with van der Waals surface area (Å²) in [6.07, 6.45) is 5.16. The molecule has 0 aromatic rings. The lowest BCUT2D eigenvalue weighted by Gasteiger charge is -2.05. The normalized spacial score (nSPS) is 13.1. The van der Waals surface area contributed by atoms with Crippen LogP contribution in [-0.2, 0) is 0 Å². The number of hydrogen-bond acceptors (Lipinski definition) is 1. The summed E-state index contributed by atoms with van der Waals surface area (Å²) in [6, 6.07) is 0. The summed E-state index contributed by atoms with van der Waals surface area (Å²) < 4.78 is 1.18. The van der Waals surface area contributed by atoms with Crippen molar-refractivity contribution in [2.45, 2.75) is 26.2 Å². The molecule has 0 fully saturated rings. The van der Waals surface area contributed by atoms with Crippen LogP contribution in [0, 0.1) is 11.3 Å². The monoisotopic (exact) mass is 239 g/mol. The van der Waals surface area contributed by atoms with Crippen LogP contribution in [0.3, 0.4) is 0 Å². The maximum Gasteiger partial charge on any atom is 0.000143 e. The Morgan fingerprint density at radius 1 is 1.56 bits per heavy atom. The third-order valence-electron chi connectivity index (χ3n) is 1.38. The van der Waals surface area contributed by atoms with Gasteiger partial charge in [-0.3, -0.25) is 0 Å². The van der Waals surface area contributed by atoms with E-state index < -0.39 is 0 Å². The van der Waals surface area contributed by atoms with Crippen molar-refractivity contribution in [3.8, 4) is 0 Å². The van der Waals surface area contributed by atoms with Gasteiger partial charge in [-0.05, 0) is 25.0 Å². The second kappa shape index (κ2) is 6.52. The second-order valence-electron chi connectivity index (χ2n) is 2.19. The van der Waals surface area contributed by atoms with Crippen molar-refractivity contribution in [1.29, 1.82) is 5.41 Å². The predicted octanol–water partition coefficient (Wildman–Crippen LogP) is 2.88. The lowest BCUT2D eigenvalue weighted by molar-refractivity contribution is 0.611. The van der Waals surface area contributed by atoms with Gasteiger partial charge in [0.2, 0.25) is 0 Å². The highest BCUT2D eigenvalue weighted by atomic mass is 127. The van der Waals surface area contributed by atoms with Crippen LogP contribution in [0.15, 0.2) is 0 Å². The van der Waals surface area contributed by atoms with Gasteiger partial charge in [-0.1, -0.05) is 35.9 Å². The molecule has 1 atom stereocenters. The van der Waals surface area contributed by atoms with Crippen molar-refractivity contribution in [2.24, 2.45) is 5.92 Å². The molecule has 0 aliphatic heterocycles. The highest BCUT2D eigenvalue weighted by Gasteiger charge is 2.00. The maximum absolute atomic E-state index is 7.04. The van der Waals surface area contributed by atoms with E-state index in [4.69, 9.17) is 5.41 Å². The summed E-state index contributed by atoms with van der Waals surface area (Å²) in [5.74, 6) is 0.548. The van der Waals surface area contributed by atoms with Crippen molar-refractivity contribution < 1.29 is 0 Å². The Bertz CT molecular complexity index is 67.3. The van der Waals surface area contributed by atoms with Crippen molar-refractivity contribution in [3.05, 3.63) is 0 Å². The Kier molecular flexibility index (Phi) is 6.81. The molecule has 1 N–H and O–H groups in total. The Morgan fingerprint density at radius 3 is 2.56 bits per heavy atom. The Hall–Kier alpha value is 0.400. The fraction of sp³-hybridized carbons (Fsp3) is 0.857. The minimum Gasteiger partial charge on any atom is -0.313 e. The summed E-state index contributed by atoms with van der Waals surface area (Å²) in [5.41, 5.74) is 0. The molecule has 1 nitrogen and oxygen atoms in total. The quantitative estimate of drug-likeness (QED) is 0.433. The largest absolute Gasteiger partial charge is 0.313 e. The number of hydrogen-bond donors (Lipinski definition) is 1. The fourth-order valence-corrected chi connectivity index (χ4v) is 1.62. The van der Waals surface area contributed by atoms with E-state index in [9.17, 15) is 0 Å². The first-order chi connectivity index (χ1) is 4.35. The smallest absolute Gasteiger partial charge is 0.000143 e. The molecular formula is C7H14IN. The summed E-state index contributed by atoms with van der Waals surface area (Å²) >= 11 is 2.36. The molecular weight excluding hydrogens is 225 g/mol. The van der Waals surface area contributed by atoms with Crippen molar-refractivity contribution in [2.75, 3.05) is 4.43 Å². The molecule has 0 aliphatic carbocycles. The molecule has 9 heavy (non-hydrogen) atoms. The third kappa shape index (κ3) is 4.88. The zero-order chi connectivity index (χ0) is 7.11. The topological polar surface area (TPSA) is 23.9 Å². The van der Waals surface area contributed by atoms with Crippen LogP contribution in [0.5, 0.6) is 0 Å². The zero-order valence-electron chi connectivity index (χ0n) is 5.86. The van der Waals surface area contributed by atoms with Gasteiger partial charge in [-0.2, -0.15) is 0 Å². The van der Waals surface area contributed by atoms with Gasteiger partial charge in [0, 0.05) is 4.43 Å². The van der Waals surface area contributed by atoms with Crippen LogP contribution in [0.25, 0.3) is 0 Å². The summed E-state index contributed by atoms with van der Waals surface area (Å²) in [7, 11) is 0. The lowest BCUT2D eigenvalue weighted by Crippen LogP contribution is -2.00. The standard InChI is InChI=1S/C7H14IN/c1-2-3-7(6-9)4-5-8/h6-7,9H,2-5H2,1H3. The Morgan fingerprint density at radius 2 is 2.22 bits per heavy atom. The summed E-state index contributed by atoms with van der Waals surface area (Å²) in [5, 5.41) is 7.04. The molecule has 1 unspecified atom stereocenters. The van der Waals surface area contributed by atoms with E-state index in [0.29, 0.717) is 5.92 Å². The minimum absolute atomic E-state index is 0.548. The first-order valence-electron chi connectivity index (χ1n) is 3.41. The van der Waals surface area contributed by atoms with Gasteiger partial charge in [0.15, 0.2) is 0 Å². The van der Waals surface area contributed by atoms with Crippen LogP contribution in [0.1, 0.15) is 26.2 Å². The molecule has 54 valence electrons. The van der Waals surface area contributed by atoms with Crippen LogP contribution in [0.2, 0.25) is 0 Å². The second-order valence-corrected chi connectivity index (χ2v) is 3.27. The summed E-state index contributed by atoms with van der Waals surface area (Å²) in [4.78, 5) is 0. The molecule has 0 rings (SSSR count). The highest BCUT2D eigenvalue weighted by molar-refractivity contribution is 14.1. The molecule has 0 radical (unpaired) electrons. The molecule has 2 heteroatoms. The van der Waals surface area contributed by atoms with Gasteiger partial charge in [-0.15, -0.1) is 0 Å². The molecule has 0 aromatic carbocycles. The van der Waals surface area contributed by atoms with Gasteiger partial charge in [-0.25, -0.2) is 0 Å². The minimum atomic E-state index is 0.548. The van der Waals surface area contributed by atoms with E-state index in [1.54, 1.807) is 6.21 Å². The molecule has 0 spiro atoms. The van der Waals surface area contributed by atoms with E-state index >= 15 is 0 Å². The van der Waals surface area contributed by atoms with Crippen molar-refractivity contribution >= 4 is 28.8 Å². The Labute approximate surface area is 70.9 Å². The molecule has 0 amide bonds. The average molecular weight is 239 g/mol. The fourth-order valence-electron chi connectivity index (χ4n) is 0.822. The van der Waals surface area contributed by atoms with Gasteiger partial charge in [0.1, 0.15) is 0 Å². The summed E-state index contributed by atoms with van der Waals surface area (Å²) in [6.45, 7) is 2.17. The Balaban J connectivity index is 3.29. The number of alkyl halides is 1. The highest BCUT2D eigenvalue weighted by Crippen LogP contribution is 2.09. The van der Waals surface area contributed by atoms with E-state index in [1.807, 2.05) is 0 Å². The maximum atomic E-state index is 7.04. The number of halogens is 1. The van der Waals surface area contributed by atoms with E-state index in [-0.39, 0.29) is 0 Å². The SMILES string of the molecule is CCCC(C=N)CCI. The predicted molar refractivity (Wildman–Crippen MR) is 50.7 cm³/mol. The van der Waals surface area contributed by atoms with Gasteiger partial charge in [0.25, 0.3) is 0 Å². The first-order valence-corrected chi connectivity index (χ1v) is 4.94. The van der Waals surface area contributed by atoms with E-state index in [0.717, 1.165) is 0 Å². The molecule has 0 bridgehead atoms. The lowest BCUT2D eigenvalue weighted by atomic mass is 10.0. The van der Waals surface area contributed by atoms with Crippen LogP contribution >= 0.6 is 22.6 Å². The molecule has 0 aliphatic rings. The van der Waals surface area contributed by atoms with Gasteiger partial charge < -0.3 is 5.41 Å². The van der Waals surface area contributed by atoms with Crippen molar-refractivity contribution in [1.82, 2.24) is 0 Å². The molecule has 0 saturated heterocycles. The van der Waals surface area contributed by atoms with Gasteiger partial charge in [0.05, 0.1) is 0 Å². The van der Waals surface area contributed by atoms with Crippen LogP contribution in [0.4, 0.5) is 0 Å². The molecule has 0 aromatic heterocycles.